The van der Waals surface area contributed by atoms with Crippen molar-refractivity contribution in [1.29, 1.82) is 0 Å². The van der Waals surface area contributed by atoms with Gasteiger partial charge in [0.05, 0.1) is 17.2 Å². The first-order valence-electron chi connectivity index (χ1n) is 7.60. The molecule has 0 bridgehead atoms. The van der Waals surface area contributed by atoms with Gasteiger partial charge in [0, 0.05) is 11.1 Å². The number of ether oxygens (including phenoxy) is 1. The number of rotatable bonds is 3. The molecule has 0 N–H and O–H groups in total. The van der Waals surface area contributed by atoms with E-state index in [0.29, 0.717) is 10.0 Å². The van der Waals surface area contributed by atoms with Crippen molar-refractivity contribution in [2.24, 2.45) is 0 Å². The van der Waals surface area contributed by atoms with Crippen LogP contribution in [0.25, 0.3) is 11.1 Å². The largest absolute Gasteiger partial charge is 0.496 e. The molecule has 0 aromatic heterocycles. The van der Waals surface area contributed by atoms with Gasteiger partial charge in [-0.25, -0.2) is 0 Å². The van der Waals surface area contributed by atoms with Crippen molar-refractivity contribution in [1.82, 2.24) is 0 Å². The zero-order valence-corrected chi connectivity index (χ0v) is 14.7. The Balaban J connectivity index is 2.08. The monoisotopic (exact) mass is 344 g/mol. The summed E-state index contributed by atoms with van der Waals surface area (Å²) in [4.78, 5) is 0. The number of halogens is 2. The van der Waals surface area contributed by atoms with Crippen LogP contribution in [0.5, 0.6) is 0 Å². The molecule has 0 spiro atoms. The average molecular weight is 345 g/mol. The van der Waals surface area contributed by atoms with E-state index < -0.39 is 0 Å². The van der Waals surface area contributed by atoms with Gasteiger partial charge in [-0.3, -0.25) is 0 Å². The van der Waals surface area contributed by atoms with Gasteiger partial charge >= 0.3 is 0 Å². The Morgan fingerprint density at radius 3 is 2.26 bits per heavy atom. The van der Waals surface area contributed by atoms with Crippen LogP contribution in [0.1, 0.15) is 29.5 Å². The van der Waals surface area contributed by atoms with E-state index >= 15 is 0 Å². The summed E-state index contributed by atoms with van der Waals surface area (Å²) in [6.45, 7) is 2.09. The highest BCUT2D eigenvalue weighted by Gasteiger charge is 2.20. The average Bonchev–Trinajstić information content (AvgIpc) is 2.57. The maximum Gasteiger partial charge on any atom is 0.130 e. The van der Waals surface area contributed by atoms with Gasteiger partial charge < -0.3 is 4.74 Å². The van der Waals surface area contributed by atoms with Gasteiger partial charge in [0.1, 0.15) is 5.76 Å². The Kier molecular flexibility index (Phi) is 4.79. The second-order valence-electron chi connectivity index (χ2n) is 5.66. The van der Waals surface area contributed by atoms with Gasteiger partial charge in [-0.15, -0.1) is 0 Å². The van der Waals surface area contributed by atoms with Crippen molar-refractivity contribution in [2.75, 3.05) is 7.11 Å². The first kappa shape index (κ1) is 16.2. The Morgan fingerprint density at radius 2 is 1.61 bits per heavy atom. The molecular weight excluding hydrogens is 327 g/mol. The predicted octanol–water partition coefficient (Wildman–Crippen LogP) is 6.54. The molecule has 1 aliphatic carbocycles. The van der Waals surface area contributed by atoms with E-state index in [2.05, 4.69) is 37.3 Å². The smallest absolute Gasteiger partial charge is 0.130 e. The van der Waals surface area contributed by atoms with Crippen LogP contribution in [-0.2, 0) is 4.74 Å². The van der Waals surface area contributed by atoms with Crippen LogP contribution in [0.4, 0.5) is 0 Å². The van der Waals surface area contributed by atoms with Crippen LogP contribution in [0.2, 0.25) is 10.0 Å². The van der Waals surface area contributed by atoms with Crippen LogP contribution in [0, 0.1) is 6.92 Å². The highest BCUT2D eigenvalue weighted by atomic mass is 35.5. The van der Waals surface area contributed by atoms with E-state index in [-0.39, 0.29) is 0 Å². The van der Waals surface area contributed by atoms with Crippen LogP contribution in [0.15, 0.2) is 54.3 Å². The fourth-order valence-corrected chi connectivity index (χ4v) is 3.20. The normalized spacial score (nSPS) is 14.7. The Bertz CT molecular complexity index is 786. The molecule has 0 aliphatic heterocycles. The molecule has 0 saturated carbocycles. The second-order valence-corrected chi connectivity index (χ2v) is 6.48. The first-order valence-corrected chi connectivity index (χ1v) is 8.36. The van der Waals surface area contributed by atoms with E-state index in [4.69, 9.17) is 27.9 Å². The Morgan fingerprint density at radius 1 is 0.913 bits per heavy atom. The van der Waals surface area contributed by atoms with Gasteiger partial charge in [-0.05, 0) is 43.0 Å². The van der Waals surface area contributed by atoms with Gasteiger partial charge in [0.2, 0.25) is 0 Å². The molecule has 2 aromatic carbocycles. The second kappa shape index (κ2) is 6.82. The number of hydrogen-bond acceptors (Lipinski definition) is 1. The first-order chi connectivity index (χ1) is 11.1. The van der Waals surface area contributed by atoms with Crippen LogP contribution in [0.3, 0.4) is 0 Å². The topological polar surface area (TPSA) is 9.23 Å². The summed E-state index contributed by atoms with van der Waals surface area (Å²) in [5.74, 6) is 0.915. The van der Waals surface area contributed by atoms with Crippen molar-refractivity contribution in [2.45, 2.75) is 19.8 Å². The lowest BCUT2D eigenvalue weighted by Crippen LogP contribution is -2.03. The number of hydrogen-bond donors (Lipinski definition) is 0. The van der Waals surface area contributed by atoms with Gasteiger partial charge in [0.15, 0.2) is 0 Å². The maximum absolute atomic E-state index is 6.18. The molecule has 118 valence electrons. The molecule has 0 radical (unpaired) electrons. The molecule has 1 aliphatic rings. The molecule has 2 aromatic rings. The molecule has 1 nitrogen and oxygen atoms in total. The molecule has 3 heteroatoms. The fraction of sp³-hybridized carbons (Fsp3) is 0.200. The number of methoxy groups -OCH3 is 1. The molecule has 0 fully saturated rings. The van der Waals surface area contributed by atoms with Crippen molar-refractivity contribution in [3.05, 3.63) is 81.0 Å². The summed E-state index contributed by atoms with van der Waals surface area (Å²) in [6.07, 6.45) is 4.15. The summed E-state index contributed by atoms with van der Waals surface area (Å²) in [5, 5.41) is 1.14. The zero-order valence-electron chi connectivity index (χ0n) is 13.2. The van der Waals surface area contributed by atoms with Gasteiger partial charge in [-0.2, -0.15) is 0 Å². The Hall–Kier alpha value is -1.70. The molecule has 0 heterocycles. The number of allylic oxidation sites excluding steroid dienone is 3. The molecule has 0 atom stereocenters. The fourth-order valence-electron chi connectivity index (χ4n) is 2.90. The summed E-state index contributed by atoms with van der Waals surface area (Å²) in [6, 6.07) is 14.3. The highest BCUT2D eigenvalue weighted by molar-refractivity contribution is 6.42. The van der Waals surface area contributed by atoms with Crippen molar-refractivity contribution >= 4 is 34.3 Å². The van der Waals surface area contributed by atoms with Crippen molar-refractivity contribution in [3.63, 3.8) is 0 Å². The van der Waals surface area contributed by atoms with E-state index in [0.717, 1.165) is 29.7 Å². The van der Waals surface area contributed by atoms with Crippen molar-refractivity contribution < 1.29 is 4.74 Å². The van der Waals surface area contributed by atoms with Crippen LogP contribution < -0.4 is 0 Å². The summed E-state index contributed by atoms with van der Waals surface area (Å²) < 4.78 is 5.76. The SMILES string of the molecule is COC1=C(c2ccc(Cl)c(Cl)c2)CCC=C1c1ccc(C)cc1. The lowest BCUT2D eigenvalue weighted by molar-refractivity contribution is 0.311. The highest BCUT2D eigenvalue weighted by Crippen LogP contribution is 2.39. The minimum absolute atomic E-state index is 0.568. The zero-order chi connectivity index (χ0) is 16.4. The molecule has 23 heavy (non-hydrogen) atoms. The molecule has 0 unspecified atom stereocenters. The predicted molar refractivity (Wildman–Crippen MR) is 98.8 cm³/mol. The molecule has 3 rings (SSSR count). The lowest BCUT2D eigenvalue weighted by atomic mass is 9.88. The standard InChI is InChI=1S/C20H18Cl2O/c1-13-6-8-14(9-7-13)16-4-3-5-17(20(16)23-2)15-10-11-18(21)19(22)12-15/h4,6-12H,3,5H2,1-2H3. The van der Waals surface area contributed by atoms with E-state index in [9.17, 15) is 0 Å². The molecular formula is C20H18Cl2O. The van der Waals surface area contributed by atoms with Crippen LogP contribution >= 0.6 is 23.2 Å². The summed E-state index contributed by atoms with van der Waals surface area (Å²) in [5.41, 5.74) is 5.79. The number of aryl methyl sites for hydroxylation is 1. The number of benzene rings is 2. The third-order valence-electron chi connectivity index (χ3n) is 4.10. The quantitative estimate of drug-likeness (QED) is 0.614. The third-order valence-corrected chi connectivity index (χ3v) is 4.84. The summed E-state index contributed by atoms with van der Waals surface area (Å²) >= 11 is 12.2. The maximum atomic E-state index is 6.18. The van der Waals surface area contributed by atoms with E-state index in [1.165, 1.54) is 16.7 Å². The van der Waals surface area contributed by atoms with Gasteiger partial charge in [-0.1, -0.05) is 65.2 Å². The molecule has 0 saturated heterocycles. The minimum atomic E-state index is 0.568. The Labute approximate surface area is 147 Å². The van der Waals surface area contributed by atoms with E-state index in [1.54, 1.807) is 7.11 Å². The van der Waals surface area contributed by atoms with E-state index in [1.807, 2.05) is 18.2 Å². The van der Waals surface area contributed by atoms with Crippen molar-refractivity contribution in [3.8, 4) is 0 Å². The van der Waals surface area contributed by atoms with Gasteiger partial charge in [0.25, 0.3) is 0 Å². The minimum Gasteiger partial charge on any atom is -0.496 e. The molecule has 0 amide bonds. The van der Waals surface area contributed by atoms with Crippen LogP contribution in [-0.4, -0.2) is 7.11 Å². The summed E-state index contributed by atoms with van der Waals surface area (Å²) in [7, 11) is 1.72. The lowest BCUT2D eigenvalue weighted by Gasteiger charge is -2.22. The third kappa shape index (κ3) is 3.31.